The van der Waals surface area contributed by atoms with Gasteiger partial charge in [0, 0.05) is 11.7 Å². The second kappa shape index (κ2) is 12.1. The highest BCUT2D eigenvalue weighted by Gasteiger charge is 2.42. The van der Waals surface area contributed by atoms with Crippen molar-refractivity contribution in [2.24, 2.45) is 5.92 Å². The molecular formula is C19H23F5O7S. The summed E-state index contributed by atoms with van der Waals surface area (Å²) in [5.74, 6) is -13.9. The van der Waals surface area contributed by atoms with Crippen LogP contribution in [-0.2, 0) is 14.3 Å². The van der Waals surface area contributed by atoms with Gasteiger partial charge in [-0.3, -0.25) is 4.79 Å². The van der Waals surface area contributed by atoms with Gasteiger partial charge in [-0.15, -0.1) is 0 Å². The first-order valence-corrected chi connectivity index (χ1v) is 10.8. The smallest absolute Gasteiger partial charge is 0.312 e. The average Bonchev–Trinajstić information content (AvgIpc) is 2.78. The van der Waals surface area contributed by atoms with Crippen LogP contribution in [0.4, 0.5) is 22.0 Å². The molecule has 182 valence electrons. The summed E-state index contributed by atoms with van der Waals surface area (Å²) in [5.41, 5.74) is 0. The van der Waals surface area contributed by atoms with E-state index in [-0.39, 0.29) is 18.8 Å². The van der Waals surface area contributed by atoms with Crippen LogP contribution >= 0.6 is 11.8 Å². The lowest BCUT2D eigenvalue weighted by atomic mass is 9.92. The number of esters is 1. The molecule has 1 aromatic carbocycles. The normalized spacial score (nSPS) is 25.7. The van der Waals surface area contributed by atoms with Crippen LogP contribution < -0.4 is 4.74 Å². The maximum Gasteiger partial charge on any atom is 0.312 e. The van der Waals surface area contributed by atoms with Gasteiger partial charge in [-0.2, -0.15) is 20.5 Å². The Kier molecular flexibility index (Phi) is 10.1. The van der Waals surface area contributed by atoms with Crippen molar-refractivity contribution in [2.45, 2.75) is 44.4 Å². The summed E-state index contributed by atoms with van der Waals surface area (Å²) in [5, 5.41) is 28.9. The molecule has 5 atom stereocenters. The van der Waals surface area contributed by atoms with E-state index in [9.17, 15) is 42.1 Å². The summed E-state index contributed by atoms with van der Waals surface area (Å²) >= 11 is 1.26. The number of ether oxygens (including phenoxy) is 3. The van der Waals surface area contributed by atoms with E-state index in [1.54, 1.807) is 6.92 Å². The van der Waals surface area contributed by atoms with E-state index in [2.05, 4.69) is 4.74 Å². The molecule has 0 bridgehead atoms. The Labute approximate surface area is 184 Å². The van der Waals surface area contributed by atoms with Gasteiger partial charge in [0.15, 0.2) is 6.29 Å². The molecular weight excluding hydrogens is 467 g/mol. The molecule has 0 radical (unpaired) electrons. The number of benzene rings is 1. The quantitative estimate of drug-likeness (QED) is 0.114. The first kappa shape index (κ1) is 26.7. The molecule has 13 heteroatoms. The fourth-order valence-corrected chi connectivity index (χ4v) is 3.71. The molecule has 0 amide bonds. The fourth-order valence-electron chi connectivity index (χ4n) is 2.87. The Morgan fingerprint density at radius 3 is 2.19 bits per heavy atom. The van der Waals surface area contributed by atoms with Gasteiger partial charge in [-0.05, 0) is 12.2 Å². The third-order valence-corrected chi connectivity index (χ3v) is 5.81. The van der Waals surface area contributed by atoms with Crippen LogP contribution in [0.1, 0.15) is 19.8 Å². The second-order valence-corrected chi connectivity index (χ2v) is 8.25. The van der Waals surface area contributed by atoms with Crippen LogP contribution in [0.25, 0.3) is 0 Å². The van der Waals surface area contributed by atoms with Gasteiger partial charge in [0.25, 0.3) is 0 Å². The van der Waals surface area contributed by atoms with Gasteiger partial charge in [-0.1, -0.05) is 6.92 Å². The molecule has 0 saturated carbocycles. The van der Waals surface area contributed by atoms with E-state index >= 15 is 0 Å². The monoisotopic (exact) mass is 490 g/mol. The fraction of sp³-hybridized carbons (Fsp3) is 0.632. The molecule has 1 aliphatic rings. The average molecular weight is 490 g/mol. The van der Waals surface area contributed by atoms with Crippen molar-refractivity contribution in [1.29, 1.82) is 0 Å². The largest absolute Gasteiger partial charge is 0.420 e. The molecule has 1 heterocycles. The Hall–Kier alpha value is -1.51. The summed E-state index contributed by atoms with van der Waals surface area (Å²) in [6.07, 6.45) is -3.99. The third kappa shape index (κ3) is 6.29. The zero-order chi connectivity index (χ0) is 24.0. The molecule has 1 aromatic rings. The van der Waals surface area contributed by atoms with Crippen LogP contribution in [0.15, 0.2) is 0 Å². The highest BCUT2D eigenvalue weighted by Crippen LogP contribution is 2.30. The third-order valence-electron chi connectivity index (χ3n) is 4.74. The SMILES string of the molecule is CC1[C@@H](OCCCSCCC(=O)Oc2c(F)c(F)c(F)c(F)c2F)OC(CO)[C@H](O)[C@@H]1O. The van der Waals surface area contributed by atoms with Crippen LogP contribution in [0, 0.1) is 35.0 Å². The molecule has 1 fully saturated rings. The summed E-state index contributed by atoms with van der Waals surface area (Å²) in [6, 6.07) is 0. The van der Waals surface area contributed by atoms with E-state index in [4.69, 9.17) is 9.47 Å². The van der Waals surface area contributed by atoms with Crippen LogP contribution in [0.5, 0.6) is 5.75 Å². The predicted molar refractivity (Wildman–Crippen MR) is 101 cm³/mol. The predicted octanol–water partition coefficient (Wildman–Crippen LogP) is 1.89. The van der Waals surface area contributed by atoms with Gasteiger partial charge in [0.1, 0.15) is 12.2 Å². The molecule has 7 nitrogen and oxygen atoms in total. The summed E-state index contributed by atoms with van der Waals surface area (Å²) in [4.78, 5) is 11.7. The van der Waals surface area contributed by atoms with E-state index in [0.717, 1.165) is 0 Å². The van der Waals surface area contributed by atoms with Crippen LogP contribution in [0.2, 0.25) is 0 Å². The van der Waals surface area contributed by atoms with E-state index in [1.807, 2.05) is 0 Å². The molecule has 0 aromatic heterocycles. The number of hydrogen-bond acceptors (Lipinski definition) is 8. The van der Waals surface area contributed by atoms with Crippen LogP contribution in [0.3, 0.4) is 0 Å². The van der Waals surface area contributed by atoms with E-state index in [0.29, 0.717) is 12.2 Å². The lowest BCUT2D eigenvalue weighted by molar-refractivity contribution is -0.282. The van der Waals surface area contributed by atoms with Crippen LogP contribution in [-0.4, -0.2) is 70.6 Å². The minimum absolute atomic E-state index is 0.155. The summed E-state index contributed by atoms with van der Waals surface area (Å²) in [7, 11) is 0. The number of aliphatic hydroxyl groups excluding tert-OH is 3. The molecule has 0 spiro atoms. The number of thioether (sulfide) groups is 1. The lowest BCUT2D eigenvalue weighted by Gasteiger charge is -2.40. The van der Waals surface area contributed by atoms with Crippen molar-refractivity contribution >= 4 is 17.7 Å². The standard InChI is InChI=1S/C19H23F5O7S/c1-8-16(27)17(28)9(7-25)30-19(8)29-4-2-5-32-6-3-10(26)31-18-14(23)12(21)11(20)13(22)15(18)24/h8-9,16-17,19,25,27-28H,2-7H2,1H3/t8?,9?,16-,17+,19+/m1/s1. The number of aliphatic hydroxyl groups is 3. The van der Waals surface area contributed by atoms with Crippen molar-refractivity contribution in [3.8, 4) is 5.75 Å². The highest BCUT2D eigenvalue weighted by atomic mass is 32.2. The van der Waals surface area contributed by atoms with Crippen molar-refractivity contribution in [3.05, 3.63) is 29.1 Å². The number of carbonyl (C=O) groups excluding carboxylic acids is 1. The Bertz CT molecular complexity index is 769. The minimum atomic E-state index is -2.34. The summed E-state index contributed by atoms with van der Waals surface area (Å²) in [6.45, 7) is 1.34. The first-order valence-electron chi connectivity index (χ1n) is 9.64. The molecule has 1 saturated heterocycles. The first-order chi connectivity index (χ1) is 15.1. The van der Waals surface area contributed by atoms with Gasteiger partial charge < -0.3 is 29.5 Å². The van der Waals surface area contributed by atoms with E-state index in [1.165, 1.54) is 11.8 Å². The topological polar surface area (TPSA) is 105 Å². The van der Waals surface area contributed by atoms with Crippen molar-refractivity contribution < 1.29 is 56.3 Å². The van der Waals surface area contributed by atoms with Crippen molar-refractivity contribution in [2.75, 3.05) is 24.7 Å². The second-order valence-electron chi connectivity index (χ2n) is 7.03. The maximum atomic E-state index is 13.5. The number of halogens is 5. The lowest BCUT2D eigenvalue weighted by Crippen LogP contribution is -2.55. The molecule has 2 unspecified atom stereocenters. The van der Waals surface area contributed by atoms with E-state index < -0.39 is 77.9 Å². The molecule has 1 aliphatic heterocycles. The van der Waals surface area contributed by atoms with Gasteiger partial charge in [0.05, 0.1) is 25.7 Å². The Morgan fingerprint density at radius 1 is 1.00 bits per heavy atom. The van der Waals surface area contributed by atoms with Gasteiger partial charge in [0.2, 0.25) is 34.8 Å². The Balaban J connectivity index is 1.68. The molecule has 32 heavy (non-hydrogen) atoms. The van der Waals surface area contributed by atoms with Gasteiger partial charge >= 0.3 is 5.97 Å². The van der Waals surface area contributed by atoms with Gasteiger partial charge in [-0.25, -0.2) is 13.2 Å². The number of rotatable bonds is 10. The zero-order valence-electron chi connectivity index (χ0n) is 16.9. The number of hydrogen-bond donors (Lipinski definition) is 3. The minimum Gasteiger partial charge on any atom is -0.420 e. The zero-order valence-corrected chi connectivity index (χ0v) is 17.7. The molecule has 3 N–H and O–H groups in total. The molecule has 0 aliphatic carbocycles. The highest BCUT2D eigenvalue weighted by molar-refractivity contribution is 7.99. The summed E-state index contributed by atoms with van der Waals surface area (Å²) < 4.78 is 81.4. The van der Waals surface area contributed by atoms with Crippen molar-refractivity contribution in [1.82, 2.24) is 0 Å². The number of carbonyl (C=O) groups is 1. The molecule has 2 rings (SSSR count). The Morgan fingerprint density at radius 2 is 1.59 bits per heavy atom. The maximum absolute atomic E-state index is 13.5. The van der Waals surface area contributed by atoms with Crippen molar-refractivity contribution in [3.63, 3.8) is 0 Å².